The van der Waals surface area contributed by atoms with Crippen molar-refractivity contribution >= 4 is 5.97 Å². The molecule has 0 bridgehead atoms. The van der Waals surface area contributed by atoms with Crippen molar-refractivity contribution in [3.63, 3.8) is 0 Å². The zero-order valence-corrected chi connectivity index (χ0v) is 21.8. The molecule has 1 N–H and O–H groups in total. The molecule has 0 fully saturated rings. The van der Waals surface area contributed by atoms with Gasteiger partial charge in [-0.1, -0.05) is 45.9 Å². The SMILES string of the molecule is COCCOCOc1ccc(-c2ccc(C(=O)O)cn2)cc1-c1ccc2c(c1)C(C)(C)CCC2(C)C. The molecule has 0 amide bonds. The predicted octanol–water partition coefficient (Wildman–Crippen LogP) is 6.46. The number of ether oxygens (including phenoxy) is 3. The third-order valence-corrected chi connectivity index (χ3v) is 7.18. The van der Waals surface area contributed by atoms with E-state index >= 15 is 0 Å². The number of carbonyl (C=O) groups is 1. The number of aromatic nitrogens is 1. The van der Waals surface area contributed by atoms with Crippen LogP contribution in [0.15, 0.2) is 54.7 Å². The summed E-state index contributed by atoms with van der Waals surface area (Å²) in [6.45, 7) is 10.3. The molecule has 1 heterocycles. The summed E-state index contributed by atoms with van der Waals surface area (Å²) in [6, 6.07) is 15.9. The van der Waals surface area contributed by atoms with E-state index in [9.17, 15) is 9.90 Å². The van der Waals surface area contributed by atoms with Crippen LogP contribution in [-0.2, 0) is 20.3 Å². The van der Waals surface area contributed by atoms with E-state index in [0.29, 0.717) is 24.7 Å². The maximum Gasteiger partial charge on any atom is 0.337 e. The molecular formula is C30H35NO5. The second kappa shape index (κ2) is 10.4. The van der Waals surface area contributed by atoms with Crippen LogP contribution in [0.25, 0.3) is 22.4 Å². The topological polar surface area (TPSA) is 77.9 Å². The molecule has 0 spiro atoms. The van der Waals surface area contributed by atoms with Crippen molar-refractivity contribution in [2.45, 2.75) is 51.4 Å². The van der Waals surface area contributed by atoms with Crippen LogP contribution < -0.4 is 4.74 Å². The lowest BCUT2D eigenvalue weighted by atomic mass is 9.63. The zero-order valence-electron chi connectivity index (χ0n) is 21.8. The monoisotopic (exact) mass is 489 g/mol. The second-order valence-electron chi connectivity index (χ2n) is 10.6. The first-order valence-electron chi connectivity index (χ1n) is 12.3. The molecule has 1 aromatic heterocycles. The molecule has 0 unspecified atom stereocenters. The minimum absolute atomic E-state index is 0.0803. The van der Waals surface area contributed by atoms with Gasteiger partial charge >= 0.3 is 5.97 Å². The number of benzene rings is 2. The molecule has 6 heteroatoms. The molecule has 36 heavy (non-hydrogen) atoms. The summed E-state index contributed by atoms with van der Waals surface area (Å²) < 4.78 is 16.6. The van der Waals surface area contributed by atoms with Crippen molar-refractivity contribution in [1.29, 1.82) is 0 Å². The summed E-state index contributed by atoms with van der Waals surface area (Å²) in [5.41, 5.74) is 6.72. The van der Waals surface area contributed by atoms with E-state index in [1.807, 2.05) is 12.1 Å². The van der Waals surface area contributed by atoms with Gasteiger partial charge in [-0.15, -0.1) is 0 Å². The quantitative estimate of drug-likeness (QED) is 0.274. The van der Waals surface area contributed by atoms with Gasteiger partial charge in [0.05, 0.1) is 24.5 Å². The molecule has 3 aromatic rings. The molecule has 0 saturated carbocycles. The van der Waals surface area contributed by atoms with E-state index in [1.54, 1.807) is 19.2 Å². The number of nitrogens with zero attached hydrogens (tertiary/aromatic N) is 1. The standard InChI is InChI=1S/C30H35NO5/c1-29(2)12-13-30(3,4)25-17-20(6-9-24(25)29)23-16-21(26-10-7-22(18-31-26)28(32)33)8-11-27(23)36-19-35-15-14-34-5/h6-11,16-18H,12-15,19H2,1-5H3,(H,32,33). The molecule has 1 aliphatic carbocycles. The fraction of sp³-hybridized carbons (Fsp3) is 0.400. The first-order valence-corrected chi connectivity index (χ1v) is 12.3. The fourth-order valence-electron chi connectivity index (χ4n) is 4.79. The third kappa shape index (κ3) is 5.45. The molecule has 0 atom stereocenters. The number of aromatic carboxylic acids is 1. The number of carboxylic acids is 1. The largest absolute Gasteiger partial charge is 0.478 e. The molecule has 1 aliphatic rings. The zero-order chi connectivity index (χ0) is 25.9. The molecule has 4 rings (SSSR count). The van der Waals surface area contributed by atoms with Crippen molar-refractivity contribution in [2.75, 3.05) is 27.1 Å². The van der Waals surface area contributed by atoms with Gasteiger partial charge in [-0.05, 0) is 70.7 Å². The van der Waals surface area contributed by atoms with Gasteiger partial charge in [0, 0.05) is 24.4 Å². The van der Waals surface area contributed by atoms with Crippen molar-refractivity contribution in [3.8, 4) is 28.1 Å². The van der Waals surface area contributed by atoms with Crippen LogP contribution in [0.4, 0.5) is 0 Å². The van der Waals surface area contributed by atoms with Gasteiger partial charge in [0.2, 0.25) is 0 Å². The van der Waals surface area contributed by atoms with Crippen molar-refractivity contribution < 1.29 is 24.1 Å². The van der Waals surface area contributed by atoms with E-state index in [4.69, 9.17) is 14.2 Å². The van der Waals surface area contributed by atoms with E-state index in [2.05, 4.69) is 56.9 Å². The summed E-state index contributed by atoms with van der Waals surface area (Å²) in [7, 11) is 1.64. The van der Waals surface area contributed by atoms with Crippen LogP contribution in [0.1, 0.15) is 62.0 Å². The molecule has 0 radical (unpaired) electrons. The Morgan fingerprint density at radius 3 is 2.31 bits per heavy atom. The second-order valence-corrected chi connectivity index (χ2v) is 10.6. The molecule has 2 aromatic carbocycles. The van der Waals surface area contributed by atoms with E-state index in [-0.39, 0.29) is 23.2 Å². The Balaban J connectivity index is 1.76. The Morgan fingerprint density at radius 2 is 1.64 bits per heavy atom. The highest BCUT2D eigenvalue weighted by Crippen LogP contribution is 2.47. The minimum Gasteiger partial charge on any atom is -0.478 e. The number of hydrogen-bond acceptors (Lipinski definition) is 5. The predicted molar refractivity (Wildman–Crippen MR) is 141 cm³/mol. The van der Waals surface area contributed by atoms with Crippen LogP contribution in [0.2, 0.25) is 0 Å². The molecule has 190 valence electrons. The Kier molecular flexibility index (Phi) is 7.48. The average Bonchev–Trinajstić information content (AvgIpc) is 2.87. The third-order valence-electron chi connectivity index (χ3n) is 7.18. The molecule has 6 nitrogen and oxygen atoms in total. The van der Waals surface area contributed by atoms with Gasteiger partial charge in [0.25, 0.3) is 0 Å². The Hall–Kier alpha value is -3.22. The van der Waals surface area contributed by atoms with Crippen LogP contribution >= 0.6 is 0 Å². The maximum atomic E-state index is 11.2. The number of rotatable bonds is 9. The number of methoxy groups -OCH3 is 1. The normalized spacial score (nSPS) is 15.8. The molecule has 0 saturated heterocycles. The summed E-state index contributed by atoms with van der Waals surface area (Å²) in [4.78, 5) is 15.6. The van der Waals surface area contributed by atoms with E-state index in [0.717, 1.165) is 29.5 Å². The Bertz CT molecular complexity index is 1230. The lowest BCUT2D eigenvalue weighted by Crippen LogP contribution is -2.33. The number of pyridine rings is 1. The van der Waals surface area contributed by atoms with Crippen LogP contribution in [0.3, 0.4) is 0 Å². The minimum atomic E-state index is -0.994. The summed E-state index contributed by atoms with van der Waals surface area (Å²) >= 11 is 0. The van der Waals surface area contributed by atoms with Gasteiger partial charge in [-0.3, -0.25) is 4.98 Å². The van der Waals surface area contributed by atoms with Crippen LogP contribution in [0.5, 0.6) is 5.75 Å². The van der Waals surface area contributed by atoms with Crippen LogP contribution in [0, 0.1) is 0 Å². The van der Waals surface area contributed by atoms with E-state index < -0.39 is 5.97 Å². The summed E-state index contributed by atoms with van der Waals surface area (Å²) in [5, 5.41) is 9.21. The highest BCUT2D eigenvalue weighted by Gasteiger charge is 2.37. The highest BCUT2D eigenvalue weighted by atomic mass is 16.7. The first kappa shape index (κ1) is 25.9. The number of hydrogen-bond donors (Lipinski definition) is 1. The smallest absolute Gasteiger partial charge is 0.337 e. The Morgan fingerprint density at radius 1 is 0.917 bits per heavy atom. The number of carboxylic acid groups (broad SMARTS) is 1. The van der Waals surface area contributed by atoms with Gasteiger partial charge < -0.3 is 19.3 Å². The van der Waals surface area contributed by atoms with Crippen molar-refractivity contribution in [3.05, 3.63) is 71.4 Å². The van der Waals surface area contributed by atoms with Crippen molar-refractivity contribution in [2.24, 2.45) is 0 Å². The fourth-order valence-corrected chi connectivity index (χ4v) is 4.79. The lowest BCUT2D eigenvalue weighted by molar-refractivity contribution is -0.00821. The maximum absolute atomic E-state index is 11.2. The van der Waals surface area contributed by atoms with Gasteiger partial charge in [0.1, 0.15) is 5.75 Å². The van der Waals surface area contributed by atoms with Crippen LogP contribution in [-0.4, -0.2) is 43.2 Å². The van der Waals surface area contributed by atoms with Crippen molar-refractivity contribution in [1.82, 2.24) is 4.98 Å². The average molecular weight is 490 g/mol. The number of fused-ring (bicyclic) bond motifs is 1. The first-order chi connectivity index (χ1) is 17.1. The van der Waals surface area contributed by atoms with Gasteiger partial charge in [-0.2, -0.15) is 0 Å². The van der Waals surface area contributed by atoms with Gasteiger partial charge in [0.15, 0.2) is 6.79 Å². The molecular weight excluding hydrogens is 454 g/mol. The summed E-state index contributed by atoms with van der Waals surface area (Å²) in [6.07, 6.45) is 3.68. The lowest BCUT2D eigenvalue weighted by Gasteiger charge is -2.42. The Labute approximate surface area is 213 Å². The molecule has 0 aliphatic heterocycles. The van der Waals surface area contributed by atoms with Gasteiger partial charge in [-0.25, -0.2) is 4.79 Å². The summed E-state index contributed by atoms with van der Waals surface area (Å²) in [5.74, 6) is -0.280. The highest BCUT2D eigenvalue weighted by molar-refractivity contribution is 5.87. The van der Waals surface area contributed by atoms with E-state index in [1.165, 1.54) is 17.3 Å².